The summed E-state index contributed by atoms with van der Waals surface area (Å²) in [5.74, 6) is -3.39. The molecule has 2 amide bonds. The first-order chi connectivity index (χ1) is 14.2. The number of carboxylic acid groups (broad SMARTS) is 2. The van der Waals surface area contributed by atoms with E-state index in [-0.39, 0.29) is 37.5 Å². The zero-order chi connectivity index (χ0) is 22.3. The molecular weight excluding hydrogens is 390 g/mol. The number of H-pyrrole nitrogens is 1. The van der Waals surface area contributed by atoms with Crippen molar-refractivity contribution in [2.75, 3.05) is 0 Å². The number of carboxylic acids is 2. The first-order valence-corrected chi connectivity index (χ1v) is 9.76. The Hall–Kier alpha value is -3.36. The van der Waals surface area contributed by atoms with Crippen LogP contribution in [0.15, 0.2) is 30.5 Å². The van der Waals surface area contributed by atoms with Crippen molar-refractivity contribution in [2.45, 2.75) is 51.6 Å². The van der Waals surface area contributed by atoms with E-state index in [0.717, 1.165) is 16.5 Å². The van der Waals surface area contributed by atoms with Crippen molar-refractivity contribution in [2.24, 2.45) is 5.92 Å². The molecular formula is C21H27N3O6. The summed E-state index contributed by atoms with van der Waals surface area (Å²) in [5.41, 5.74) is 1.58. The van der Waals surface area contributed by atoms with Crippen LogP contribution in [0.1, 0.15) is 38.7 Å². The number of amides is 2. The van der Waals surface area contributed by atoms with Crippen molar-refractivity contribution in [3.05, 3.63) is 36.0 Å². The molecule has 0 aliphatic rings. The highest BCUT2D eigenvalue weighted by atomic mass is 16.4. The SMILES string of the molecule is CC(C)CC(=O)N[C@@H](CCC(=O)O)C(=O)N[C@@H](Cc1c[nH]c2ccccc12)C(=O)O. The van der Waals surface area contributed by atoms with Crippen molar-refractivity contribution in [3.8, 4) is 0 Å². The molecule has 1 heterocycles. The summed E-state index contributed by atoms with van der Waals surface area (Å²) in [4.78, 5) is 50.5. The van der Waals surface area contributed by atoms with E-state index in [1.807, 2.05) is 38.1 Å². The Labute approximate surface area is 173 Å². The Morgan fingerprint density at radius 3 is 2.37 bits per heavy atom. The van der Waals surface area contributed by atoms with Crippen LogP contribution in [0.2, 0.25) is 0 Å². The number of carbonyl (C=O) groups excluding carboxylic acids is 2. The molecule has 0 aliphatic heterocycles. The van der Waals surface area contributed by atoms with E-state index in [4.69, 9.17) is 5.11 Å². The van der Waals surface area contributed by atoms with Crippen LogP contribution < -0.4 is 10.6 Å². The molecule has 30 heavy (non-hydrogen) atoms. The highest BCUT2D eigenvalue weighted by Crippen LogP contribution is 2.19. The summed E-state index contributed by atoms with van der Waals surface area (Å²) in [7, 11) is 0. The van der Waals surface area contributed by atoms with E-state index < -0.39 is 29.9 Å². The molecule has 1 aromatic heterocycles. The van der Waals surface area contributed by atoms with E-state index in [9.17, 15) is 24.3 Å². The predicted molar refractivity (Wildman–Crippen MR) is 110 cm³/mol. The minimum Gasteiger partial charge on any atom is -0.481 e. The van der Waals surface area contributed by atoms with Gasteiger partial charge in [0, 0.05) is 36.4 Å². The molecule has 5 N–H and O–H groups in total. The van der Waals surface area contributed by atoms with Crippen LogP contribution in [0.3, 0.4) is 0 Å². The number of aromatic nitrogens is 1. The number of hydrogen-bond acceptors (Lipinski definition) is 4. The fraction of sp³-hybridized carbons (Fsp3) is 0.429. The lowest BCUT2D eigenvalue weighted by Gasteiger charge is -2.21. The molecule has 0 saturated heterocycles. The average molecular weight is 417 g/mol. The number of aromatic amines is 1. The summed E-state index contributed by atoms with van der Waals surface area (Å²) in [6.45, 7) is 3.68. The van der Waals surface area contributed by atoms with E-state index in [1.165, 1.54) is 0 Å². The van der Waals surface area contributed by atoms with Gasteiger partial charge in [-0.05, 0) is 24.0 Å². The molecule has 0 spiro atoms. The van der Waals surface area contributed by atoms with Gasteiger partial charge in [0.1, 0.15) is 12.1 Å². The molecule has 9 heteroatoms. The molecule has 2 atom stereocenters. The van der Waals surface area contributed by atoms with E-state index in [1.54, 1.807) is 6.20 Å². The highest BCUT2D eigenvalue weighted by molar-refractivity contribution is 5.91. The van der Waals surface area contributed by atoms with Crippen LogP contribution in [0, 0.1) is 5.92 Å². The van der Waals surface area contributed by atoms with Gasteiger partial charge in [-0.2, -0.15) is 0 Å². The molecule has 162 valence electrons. The zero-order valence-electron chi connectivity index (χ0n) is 17.0. The molecule has 9 nitrogen and oxygen atoms in total. The zero-order valence-corrected chi connectivity index (χ0v) is 17.0. The van der Waals surface area contributed by atoms with Gasteiger partial charge in [0.15, 0.2) is 0 Å². The van der Waals surface area contributed by atoms with Gasteiger partial charge >= 0.3 is 11.9 Å². The number of aliphatic carboxylic acids is 2. The van der Waals surface area contributed by atoms with Gasteiger partial charge in [0.25, 0.3) is 0 Å². The minimum atomic E-state index is -1.23. The highest BCUT2D eigenvalue weighted by Gasteiger charge is 2.28. The van der Waals surface area contributed by atoms with Crippen molar-refractivity contribution in [1.29, 1.82) is 0 Å². The molecule has 1 aromatic carbocycles. The Kier molecular flexibility index (Phi) is 7.97. The number of para-hydroxylation sites is 1. The fourth-order valence-electron chi connectivity index (χ4n) is 3.15. The third-order valence-electron chi connectivity index (χ3n) is 4.61. The number of nitrogens with one attached hydrogen (secondary N) is 3. The number of benzene rings is 1. The largest absolute Gasteiger partial charge is 0.481 e. The van der Waals surface area contributed by atoms with Crippen molar-refractivity contribution in [1.82, 2.24) is 15.6 Å². The third kappa shape index (κ3) is 6.61. The lowest BCUT2D eigenvalue weighted by molar-refractivity contribution is -0.143. The summed E-state index contributed by atoms with van der Waals surface area (Å²) in [6, 6.07) is 5.04. The Balaban J connectivity index is 2.12. The van der Waals surface area contributed by atoms with E-state index >= 15 is 0 Å². The van der Waals surface area contributed by atoms with E-state index in [0.29, 0.717) is 0 Å². The number of hydrogen-bond donors (Lipinski definition) is 5. The maximum Gasteiger partial charge on any atom is 0.326 e. The van der Waals surface area contributed by atoms with E-state index in [2.05, 4.69) is 15.6 Å². The molecule has 2 rings (SSSR count). The first kappa shape index (κ1) is 22.9. The van der Waals surface area contributed by atoms with Gasteiger partial charge in [-0.15, -0.1) is 0 Å². The normalized spacial score (nSPS) is 13.0. The molecule has 0 bridgehead atoms. The predicted octanol–water partition coefficient (Wildman–Crippen LogP) is 1.68. The average Bonchev–Trinajstić information content (AvgIpc) is 3.06. The van der Waals surface area contributed by atoms with Crippen LogP contribution >= 0.6 is 0 Å². The van der Waals surface area contributed by atoms with Crippen LogP contribution in [-0.2, 0) is 25.6 Å². The summed E-state index contributed by atoms with van der Waals surface area (Å²) in [6.07, 6.45) is 1.44. The van der Waals surface area contributed by atoms with Gasteiger partial charge in [0.05, 0.1) is 0 Å². The van der Waals surface area contributed by atoms with Crippen molar-refractivity contribution in [3.63, 3.8) is 0 Å². The lowest BCUT2D eigenvalue weighted by atomic mass is 10.0. The molecule has 0 fully saturated rings. The second kappa shape index (κ2) is 10.4. The second-order valence-electron chi connectivity index (χ2n) is 7.61. The fourth-order valence-corrected chi connectivity index (χ4v) is 3.15. The molecule has 0 aliphatic carbocycles. The van der Waals surface area contributed by atoms with Crippen LogP contribution in [0.5, 0.6) is 0 Å². The maximum atomic E-state index is 12.7. The van der Waals surface area contributed by atoms with Gasteiger partial charge < -0.3 is 25.8 Å². The monoisotopic (exact) mass is 417 g/mol. The Morgan fingerprint density at radius 2 is 1.73 bits per heavy atom. The van der Waals surface area contributed by atoms with Crippen LogP contribution in [0.25, 0.3) is 10.9 Å². The summed E-state index contributed by atoms with van der Waals surface area (Å²) < 4.78 is 0. The Morgan fingerprint density at radius 1 is 1.03 bits per heavy atom. The summed E-state index contributed by atoms with van der Waals surface area (Å²) in [5, 5.41) is 24.3. The molecule has 0 unspecified atom stereocenters. The number of fused-ring (bicyclic) bond motifs is 1. The molecule has 0 radical (unpaired) electrons. The Bertz CT molecular complexity index is 920. The topological polar surface area (TPSA) is 149 Å². The lowest BCUT2D eigenvalue weighted by Crippen LogP contribution is -2.52. The van der Waals surface area contributed by atoms with Gasteiger partial charge in [-0.1, -0.05) is 32.0 Å². The third-order valence-corrected chi connectivity index (χ3v) is 4.61. The first-order valence-electron chi connectivity index (χ1n) is 9.76. The number of rotatable bonds is 11. The van der Waals surface area contributed by atoms with Crippen molar-refractivity contribution < 1.29 is 29.4 Å². The van der Waals surface area contributed by atoms with Gasteiger partial charge in [0.2, 0.25) is 11.8 Å². The molecule has 0 saturated carbocycles. The maximum absolute atomic E-state index is 12.7. The van der Waals surface area contributed by atoms with Gasteiger partial charge in [-0.3, -0.25) is 14.4 Å². The smallest absolute Gasteiger partial charge is 0.326 e. The standard InChI is InChI=1S/C21H27N3O6/c1-12(2)9-18(25)23-16(7-8-19(26)27)20(28)24-17(21(29)30)10-13-11-22-15-6-4-3-5-14(13)15/h3-6,11-12,16-17,22H,7-10H2,1-2H3,(H,23,25)(H,24,28)(H,26,27)(H,29,30)/t16-,17-/m0/s1. The van der Waals surface area contributed by atoms with Crippen molar-refractivity contribution >= 4 is 34.7 Å². The van der Waals surface area contributed by atoms with Gasteiger partial charge in [-0.25, -0.2) is 4.79 Å². The number of carbonyl (C=O) groups is 4. The minimum absolute atomic E-state index is 0.0384. The quantitative estimate of drug-likeness (QED) is 0.376. The van der Waals surface area contributed by atoms with Crippen LogP contribution in [0.4, 0.5) is 0 Å². The second-order valence-corrected chi connectivity index (χ2v) is 7.61. The molecule has 2 aromatic rings. The summed E-state index contributed by atoms with van der Waals surface area (Å²) >= 11 is 0. The van der Waals surface area contributed by atoms with Crippen LogP contribution in [-0.4, -0.2) is 51.0 Å².